The highest BCUT2D eigenvalue weighted by atomic mass is 16.3. The molecule has 4 heteroatoms. The molecule has 0 aromatic carbocycles. The van der Waals surface area contributed by atoms with Crippen molar-refractivity contribution in [2.45, 2.75) is 65.7 Å². The van der Waals surface area contributed by atoms with Crippen molar-refractivity contribution in [2.24, 2.45) is 33.5 Å². The fraction of sp³-hybridized carbons (Fsp3) is 0.783. The standard InChI is InChI=1S/C23H34N2O2/c1-4-16-5-8-23-13-22(23,14-27)19(6-7-21(16,23)3)20(2)10-15-11-24-25-18(15)9-17(20)12-26/h4,11,17,19,26-27H,5-10,12-14H2,1-3H3,(H,24,25)/b16-4+/t17-,19-,20+,21-,22?,23+/m1/s1. The zero-order valence-electron chi connectivity index (χ0n) is 17.0. The second-order valence-electron chi connectivity index (χ2n) is 10.5. The molecule has 1 spiro atoms. The van der Waals surface area contributed by atoms with Crippen LogP contribution < -0.4 is 0 Å². The van der Waals surface area contributed by atoms with Crippen LogP contribution in [0.5, 0.6) is 0 Å². The molecule has 0 aliphatic heterocycles. The zero-order valence-corrected chi connectivity index (χ0v) is 17.0. The number of fused-ring (bicyclic) bond motifs is 1. The predicted octanol–water partition coefficient (Wildman–Crippen LogP) is 3.65. The number of hydrogen-bond donors (Lipinski definition) is 3. The Morgan fingerprint density at radius 1 is 1.30 bits per heavy atom. The lowest BCUT2D eigenvalue weighted by molar-refractivity contribution is -0.0759. The lowest BCUT2D eigenvalue weighted by Crippen LogP contribution is -2.52. The predicted molar refractivity (Wildman–Crippen MR) is 105 cm³/mol. The second kappa shape index (κ2) is 5.48. The topological polar surface area (TPSA) is 69.1 Å². The summed E-state index contributed by atoms with van der Waals surface area (Å²) in [4.78, 5) is 0. The maximum absolute atomic E-state index is 10.7. The average molecular weight is 371 g/mol. The van der Waals surface area contributed by atoms with Crippen LogP contribution in [-0.4, -0.2) is 33.6 Å². The van der Waals surface area contributed by atoms with Crippen molar-refractivity contribution in [1.29, 1.82) is 0 Å². The zero-order chi connectivity index (χ0) is 19.1. The van der Waals surface area contributed by atoms with Gasteiger partial charge in [0, 0.05) is 24.3 Å². The van der Waals surface area contributed by atoms with E-state index < -0.39 is 0 Å². The Kier molecular flexibility index (Phi) is 3.64. The van der Waals surface area contributed by atoms with Gasteiger partial charge in [0.1, 0.15) is 0 Å². The van der Waals surface area contributed by atoms with Crippen molar-refractivity contribution in [3.05, 3.63) is 29.1 Å². The Bertz CT molecular complexity index is 800. The fourth-order valence-corrected chi connectivity index (χ4v) is 8.47. The minimum atomic E-state index is 0.0257. The van der Waals surface area contributed by atoms with Crippen LogP contribution in [0.1, 0.15) is 64.1 Å². The van der Waals surface area contributed by atoms with Crippen LogP contribution in [0.25, 0.3) is 0 Å². The number of allylic oxidation sites excluding steroid dienone is 2. The molecule has 27 heavy (non-hydrogen) atoms. The Labute approximate surface area is 162 Å². The van der Waals surface area contributed by atoms with Gasteiger partial charge in [-0.15, -0.1) is 0 Å². The summed E-state index contributed by atoms with van der Waals surface area (Å²) in [5.41, 5.74) is 4.75. The molecule has 4 nitrogen and oxygen atoms in total. The van der Waals surface area contributed by atoms with Crippen molar-refractivity contribution >= 4 is 0 Å². The van der Waals surface area contributed by atoms with Crippen LogP contribution >= 0.6 is 0 Å². The number of rotatable bonds is 3. The lowest BCUT2D eigenvalue weighted by atomic mass is 9.49. The average Bonchev–Trinajstić information content (AvgIpc) is 2.99. The summed E-state index contributed by atoms with van der Waals surface area (Å²) < 4.78 is 0. The minimum absolute atomic E-state index is 0.0257. The van der Waals surface area contributed by atoms with E-state index in [1.165, 1.54) is 36.9 Å². The summed E-state index contributed by atoms with van der Waals surface area (Å²) in [5.74, 6) is 0.711. The fourth-order valence-electron chi connectivity index (χ4n) is 8.47. The number of nitrogens with one attached hydrogen (secondary N) is 1. The molecule has 4 aliphatic carbocycles. The summed E-state index contributed by atoms with van der Waals surface area (Å²) in [6.45, 7) is 7.59. The van der Waals surface area contributed by atoms with E-state index in [0.717, 1.165) is 19.3 Å². The highest BCUT2D eigenvalue weighted by molar-refractivity contribution is 5.39. The first kappa shape index (κ1) is 17.9. The van der Waals surface area contributed by atoms with Crippen LogP contribution in [-0.2, 0) is 12.8 Å². The number of hydrogen-bond acceptors (Lipinski definition) is 3. The number of H-pyrrole nitrogens is 1. The lowest BCUT2D eigenvalue weighted by Gasteiger charge is -2.55. The summed E-state index contributed by atoms with van der Waals surface area (Å²) in [7, 11) is 0. The molecule has 3 fully saturated rings. The van der Waals surface area contributed by atoms with E-state index in [4.69, 9.17) is 0 Å². The number of aromatic amines is 1. The second-order valence-corrected chi connectivity index (χ2v) is 10.5. The Morgan fingerprint density at radius 3 is 2.81 bits per heavy atom. The molecule has 148 valence electrons. The normalized spacial score (nSPS) is 49.6. The first-order valence-electron chi connectivity index (χ1n) is 10.8. The monoisotopic (exact) mass is 370 g/mol. The van der Waals surface area contributed by atoms with Crippen LogP contribution in [0.15, 0.2) is 17.8 Å². The maximum Gasteiger partial charge on any atom is 0.0522 e. The highest BCUT2D eigenvalue weighted by Gasteiger charge is 2.81. The van der Waals surface area contributed by atoms with Gasteiger partial charge in [0.05, 0.1) is 6.20 Å². The van der Waals surface area contributed by atoms with Gasteiger partial charge in [-0.2, -0.15) is 5.10 Å². The van der Waals surface area contributed by atoms with E-state index in [9.17, 15) is 10.2 Å². The maximum atomic E-state index is 10.7. The molecular formula is C23H34N2O2. The molecule has 1 unspecified atom stereocenters. The van der Waals surface area contributed by atoms with Crippen LogP contribution in [0.2, 0.25) is 0 Å². The molecule has 3 saturated carbocycles. The summed E-state index contributed by atoms with van der Waals surface area (Å²) >= 11 is 0. The third-order valence-corrected chi connectivity index (χ3v) is 10.0. The summed E-state index contributed by atoms with van der Waals surface area (Å²) in [6, 6.07) is 0. The molecule has 5 rings (SSSR count). The van der Waals surface area contributed by atoms with Crippen molar-refractivity contribution in [3.63, 3.8) is 0 Å². The number of nitrogens with zero attached hydrogens (tertiary/aromatic N) is 1. The van der Waals surface area contributed by atoms with E-state index in [1.807, 2.05) is 6.20 Å². The molecule has 1 aromatic rings. The van der Waals surface area contributed by atoms with E-state index in [-0.39, 0.29) is 34.2 Å². The quantitative estimate of drug-likeness (QED) is 0.712. The van der Waals surface area contributed by atoms with Gasteiger partial charge in [-0.1, -0.05) is 25.5 Å². The number of aliphatic hydroxyl groups is 2. The van der Waals surface area contributed by atoms with Crippen molar-refractivity contribution < 1.29 is 10.2 Å². The highest BCUT2D eigenvalue weighted by Crippen LogP contribution is 2.87. The van der Waals surface area contributed by atoms with Crippen molar-refractivity contribution in [3.8, 4) is 0 Å². The van der Waals surface area contributed by atoms with Crippen molar-refractivity contribution in [2.75, 3.05) is 13.2 Å². The van der Waals surface area contributed by atoms with E-state index in [0.29, 0.717) is 12.5 Å². The van der Waals surface area contributed by atoms with Gasteiger partial charge in [-0.25, -0.2) is 0 Å². The third-order valence-electron chi connectivity index (χ3n) is 10.0. The first-order chi connectivity index (χ1) is 12.9. The molecule has 1 heterocycles. The van der Waals surface area contributed by atoms with Crippen LogP contribution in [0.4, 0.5) is 0 Å². The van der Waals surface area contributed by atoms with Gasteiger partial charge >= 0.3 is 0 Å². The molecule has 0 bridgehead atoms. The molecule has 4 aliphatic rings. The largest absolute Gasteiger partial charge is 0.396 e. The number of aliphatic hydroxyl groups excluding tert-OH is 2. The van der Waals surface area contributed by atoms with Crippen molar-refractivity contribution in [1.82, 2.24) is 10.2 Å². The van der Waals surface area contributed by atoms with Crippen LogP contribution in [0, 0.1) is 33.5 Å². The molecule has 3 N–H and O–H groups in total. The molecule has 0 saturated heterocycles. The molecular weight excluding hydrogens is 336 g/mol. The van der Waals surface area contributed by atoms with Gasteiger partial charge in [0.15, 0.2) is 0 Å². The first-order valence-corrected chi connectivity index (χ1v) is 10.8. The minimum Gasteiger partial charge on any atom is -0.396 e. The van der Waals surface area contributed by atoms with Crippen LogP contribution in [0.3, 0.4) is 0 Å². The van der Waals surface area contributed by atoms with Gasteiger partial charge < -0.3 is 10.2 Å². The molecule has 0 radical (unpaired) electrons. The Morgan fingerprint density at radius 2 is 2.11 bits per heavy atom. The molecule has 1 aromatic heterocycles. The SMILES string of the molecule is C/C=C1\CC[C@@]23CC2(CO)[C@@H]([C@@]2(C)Cc4cn[nH]c4C[C@@H]2CO)CC[C@]13C. The smallest absolute Gasteiger partial charge is 0.0522 e. The molecule has 0 amide bonds. The van der Waals surface area contributed by atoms with E-state index in [2.05, 4.69) is 37.0 Å². The molecule has 6 atom stereocenters. The van der Waals surface area contributed by atoms with Gasteiger partial charge in [-0.3, -0.25) is 5.10 Å². The van der Waals surface area contributed by atoms with E-state index >= 15 is 0 Å². The summed E-state index contributed by atoms with van der Waals surface area (Å²) in [6.07, 6.45) is 12.2. The van der Waals surface area contributed by atoms with Gasteiger partial charge in [-0.05, 0) is 85.5 Å². The summed E-state index contributed by atoms with van der Waals surface area (Å²) in [5, 5.41) is 28.4. The number of aromatic nitrogens is 2. The Balaban J connectivity index is 1.57. The third kappa shape index (κ3) is 1.89. The van der Waals surface area contributed by atoms with Gasteiger partial charge in [0.2, 0.25) is 0 Å². The van der Waals surface area contributed by atoms with Gasteiger partial charge in [0.25, 0.3) is 0 Å². The van der Waals surface area contributed by atoms with E-state index in [1.54, 1.807) is 5.57 Å². The Hall–Kier alpha value is -1.13.